The Balaban J connectivity index is 1.21. The third-order valence-electron chi connectivity index (χ3n) is 17.8. The summed E-state index contributed by atoms with van der Waals surface area (Å²) in [6.07, 6.45) is 28.8. The van der Waals surface area contributed by atoms with E-state index >= 15 is 0 Å². The maximum absolute atomic E-state index is 13.2. The largest absolute Gasteiger partial charge is 0.394 e. The van der Waals surface area contributed by atoms with Crippen LogP contribution >= 0.6 is 0 Å². The zero-order valence-corrected chi connectivity index (χ0v) is 53.6. The third kappa shape index (κ3) is 32.2. The second-order valence-electron chi connectivity index (χ2n) is 25.3. The molecule has 3 aliphatic rings. The lowest BCUT2D eigenvalue weighted by Crippen LogP contribution is -2.66. The van der Waals surface area contributed by atoms with Crippen molar-refractivity contribution < 1.29 is 89.4 Å². The van der Waals surface area contributed by atoms with Crippen molar-refractivity contribution in [3.63, 3.8) is 0 Å². The maximum atomic E-state index is 13.2. The Hall–Kier alpha value is -1.47. The molecule has 17 atom stereocenters. The second kappa shape index (κ2) is 50.1. The van der Waals surface area contributed by atoms with Gasteiger partial charge in [-0.25, -0.2) is 0 Å². The highest BCUT2D eigenvalue weighted by molar-refractivity contribution is 5.76. The lowest BCUT2D eigenvalue weighted by molar-refractivity contribution is -0.379. The Morgan fingerprint density at radius 1 is 0.407 bits per heavy atom. The minimum Gasteiger partial charge on any atom is -0.394 e. The van der Waals surface area contributed by atoms with Gasteiger partial charge in [-0.1, -0.05) is 244 Å². The molecular formula is C67H127NO18. The van der Waals surface area contributed by atoms with Crippen LogP contribution in [-0.4, -0.2) is 193 Å². The minimum atomic E-state index is -1.97. The van der Waals surface area contributed by atoms with Crippen molar-refractivity contribution in [3.05, 3.63) is 12.2 Å². The molecule has 3 rings (SSSR count). The molecule has 0 aromatic carbocycles. The Labute approximate surface area is 518 Å². The number of aliphatic hydroxyl groups is 11. The van der Waals surface area contributed by atoms with Crippen LogP contribution in [0.5, 0.6) is 0 Å². The van der Waals surface area contributed by atoms with Crippen molar-refractivity contribution in [2.24, 2.45) is 0 Å². The molecule has 12 N–H and O–H groups in total. The highest BCUT2D eigenvalue weighted by Gasteiger charge is 2.53. The Morgan fingerprint density at radius 3 is 1.13 bits per heavy atom. The van der Waals surface area contributed by atoms with Gasteiger partial charge in [-0.05, 0) is 38.5 Å². The predicted octanol–water partition coefficient (Wildman–Crippen LogP) is 8.89. The van der Waals surface area contributed by atoms with Crippen LogP contribution in [0.25, 0.3) is 0 Å². The van der Waals surface area contributed by atoms with Gasteiger partial charge < -0.3 is 89.9 Å². The summed E-state index contributed by atoms with van der Waals surface area (Å²) >= 11 is 0. The normalized spacial score (nSPS) is 28.8. The summed E-state index contributed by atoms with van der Waals surface area (Å²) in [6.45, 7) is 1.67. The van der Waals surface area contributed by atoms with Gasteiger partial charge in [-0.15, -0.1) is 0 Å². The van der Waals surface area contributed by atoms with Gasteiger partial charge in [0.05, 0.1) is 38.6 Å². The summed E-state index contributed by atoms with van der Waals surface area (Å²) in [4.78, 5) is 13.2. The highest BCUT2D eigenvalue weighted by atomic mass is 16.8. The van der Waals surface area contributed by atoms with Gasteiger partial charge in [0.25, 0.3) is 0 Å². The number of aliphatic hydroxyl groups excluding tert-OH is 11. The molecule has 86 heavy (non-hydrogen) atoms. The topological polar surface area (TPSA) is 307 Å². The Bertz CT molecular complexity index is 1620. The first-order chi connectivity index (χ1) is 41.8. The van der Waals surface area contributed by atoms with Crippen LogP contribution in [0.4, 0.5) is 0 Å². The van der Waals surface area contributed by atoms with Crippen molar-refractivity contribution in [2.75, 3.05) is 26.4 Å². The van der Waals surface area contributed by atoms with Crippen LogP contribution in [0.2, 0.25) is 0 Å². The molecule has 0 bridgehead atoms. The number of unbranched alkanes of at least 4 members (excludes halogenated alkanes) is 36. The second-order valence-corrected chi connectivity index (χ2v) is 25.3. The molecule has 3 saturated heterocycles. The lowest BCUT2D eigenvalue weighted by Gasteiger charge is -2.48. The molecule has 0 saturated carbocycles. The van der Waals surface area contributed by atoms with Crippen LogP contribution in [0.15, 0.2) is 12.2 Å². The predicted molar refractivity (Wildman–Crippen MR) is 333 cm³/mol. The number of carbonyl (C=O) groups excluding carboxylic acids is 1. The van der Waals surface area contributed by atoms with Crippen LogP contribution in [0, 0.1) is 0 Å². The van der Waals surface area contributed by atoms with E-state index in [0.29, 0.717) is 19.3 Å². The van der Waals surface area contributed by atoms with E-state index in [-0.39, 0.29) is 18.9 Å². The van der Waals surface area contributed by atoms with Crippen molar-refractivity contribution in [3.8, 4) is 0 Å². The highest BCUT2D eigenvalue weighted by Crippen LogP contribution is 2.33. The SMILES string of the molecule is CCCCCCCCCC/C=C\CCCCCCCCCCCCCCCCCCCCCCCCCCCC(=O)NC(COC1OC(CO)C(OC2OC(CO)C(OC3OC(CO)C(O)C(O)C3O)C(O)C2O)C(O)C1O)C(O)CCCCCC. The molecule has 0 aromatic heterocycles. The number of ether oxygens (including phenoxy) is 6. The Kier molecular flexibility index (Phi) is 45.9. The molecule has 3 heterocycles. The molecule has 508 valence electrons. The number of nitrogens with one attached hydrogen (secondary N) is 1. The van der Waals surface area contributed by atoms with E-state index in [2.05, 4.69) is 31.3 Å². The zero-order valence-electron chi connectivity index (χ0n) is 53.6. The fourth-order valence-electron chi connectivity index (χ4n) is 12.1. The summed E-state index contributed by atoms with van der Waals surface area (Å²) < 4.78 is 34.1. The van der Waals surface area contributed by atoms with E-state index in [9.17, 15) is 61.0 Å². The molecule has 3 aliphatic heterocycles. The lowest BCUT2D eigenvalue weighted by atomic mass is 9.96. The quantitative estimate of drug-likeness (QED) is 0.0200. The van der Waals surface area contributed by atoms with Crippen molar-refractivity contribution in [1.29, 1.82) is 0 Å². The first-order valence-corrected chi connectivity index (χ1v) is 34.9. The Morgan fingerprint density at radius 2 is 0.733 bits per heavy atom. The molecule has 0 radical (unpaired) electrons. The summed E-state index contributed by atoms with van der Waals surface area (Å²) in [5.74, 6) is -0.247. The van der Waals surface area contributed by atoms with Gasteiger partial charge in [0, 0.05) is 6.42 Å². The van der Waals surface area contributed by atoms with Gasteiger partial charge in [-0.3, -0.25) is 4.79 Å². The molecule has 0 spiro atoms. The standard InChI is InChI=1S/C67H127NO18/c1-3-5-7-9-10-11-12-13-14-15-16-17-18-19-20-21-22-23-24-25-26-27-28-29-30-31-32-33-34-35-36-37-38-39-40-41-43-45-55(73)68-50(51(72)44-42-8-6-4-2)49-81-65-61(79)58(76)63(53(47-70)83-65)86-67-62(80)59(77)64(54(48-71)84-67)85-66-60(78)57(75)56(74)52(46-69)82-66/h15-16,50-54,56-67,69-72,74-80H,3-14,17-49H2,1-2H3,(H,68,73)/b16-15-. The molecule has 19 nitrogen and oxygen atoms in total. The average Bonchev–Trinajstić information content (AvgIpc) is 1.41. The molecule has 3 fully saturated rings. The smallest absolute Gasteiger partial charge is 0.220 e. The minimum absolute atomic E-state index is 0.247. The van der Waals surface area contributed by atoms with Gasteiger partial charge in [0.15, 0.2) is 18.9 Å². The number of hydrogen-bond acceptors (Lipinski definition) is 18. The number of allylic oxidation sites excluding steroid dienone is 2. The molecule has 19 heteroatoms. The summed E-state index contributed by atoms with van der Waals surface area (Å²) in [7, 11) is 0. The van der Waals surface area contributed by atoms with E-state index in [0.717, 1.165) is 38.5 Å². The number of amides is 1. The third-order valence-corrected chi connectivity index (χ3v) is 17.8. The van der Waals surface area contributed by atoms with E-state index in [1.165, 1.54) is 199 Å². The number of rotatable bonds is 54. The van der Waals surface area contributed by atoms with E-state index < -0.39 is 124 Å². The monoisotopic (exact) mass is 1230 g/mol. The van der Waals surface area contributed by atoms with Crippen molar-refractivity contribution in [2.45, 2.75) is 381 Å². The van der Waals surface area contributed by atoms with E-state index in [4.69, 9.17) is 28.4 Å². The summed E-state index contributed by atoms with van der Waals surface area (Å²) in [5, 5.41) is 120. The molecular weight excluding hydrogens is 1110 g/mol. The van der Waals surface area contributed by atoms with Crippen LogP contribution in [0.1, 0.15) is 277 Å². The fourth-order valence-corrected chi connectivity index (χ4v) is 12.1. The number of carbonyl (C=O) groups is 1. The molecule has 0 aromatic rings. The van der Waals surface area contributed by atoms with Crippen LogP contribution in [-0.2, 0) is 33.2 Å². The van der Waals surface area contributed by atoms with Crippen LogP contribution in [0.3, 0.4) is 0 Å². The first-order valence-electron chi connectivity index (χ1n) is 34.9. The summed E-state index contributed by atoms with van der Waals surface area (Å²) in [5.41, 5.74) is 0. The van der Waals surface area contributed by atoms with Crippen molar-refractivity contribution in [1.82, 2.24) is 5.32 Å². The van der Waals surface area contributed by atoms with Gasteiger partial charge in [-0.2, -0.15) is 0 Å². The molecule has 0 aliphatic carbocycles. The summed E-state index contributed by atoms with van der Waals surface area (Å²) in [6, 6.07) is -0.879. The average molecular weight is 1230 g/mol. The maximum Gasteiger partial charge on any atom is 0.220 e. The molecule has 17 unspecified atom stereocenters. The fraction of sp³-hybridized carbons (Fsp3) is 0.955. The van der Waals surface area contributed by atoms with E-state index in [1.807, 2.05) is 0 Å². The van der Waals surface area contributed by atoms with Gasteiger partial charge >= 0.3 is 0 Å². The molecule has 1 amide bonds. The number of hydrogen-bond donors (Lipinski definition) is 12. The zero-order chi connectivity index (χ0) is 62.6. The van der Waals surface area contributed by atoms with E-state index in [1.54, 1.807) is 0 Å². The first kappa shape index (κ1) is 78.8. The van der Waals surface area contributed by atoms with Crippen LogP contribution < -0.4 is 5.32 Å². The van der Waals surface area contributed by atoms with Gasteiger partial charge in [0.1, 0.15) is 73.2 Å². The van der Waals surface area contributed by atoms with Gasteiger partial charge in [0.2, 0.25) is 5.91 Å². The van der Waals surface area contributed by atoms with Crippen molar-refractivity contribution >= 4 is 5.91 Å².